The summed E-state index contributed by atoms with van der Waals surface area (Å²) in [6.45, 7) is 5.99. The molecular formula is C20H22O2S. The van der Waals surface area contributed by atoms with Crippen LogP contribution in [0.5, 0.6) is 0 Å². The third kappa shape index (κ3) is 4.49. The Balaban J connectivity index is 2.10. The molecule has 0 unspecified atom stereocenters. The second-order valence-electron chi connectivity index (χ2n) is 5.89. The molecule has 0 aliphatic heterocycles. The molecule has 0 amide bonds. The van der Waals surface area contributed by atoms with Gasteiger partial charge in [0.25, 0.3) is 0 Å². The number of carbonyl (C=O) groups excluding carboxylic acids is 2. The first kappa shape index (κ1) is 17.4. The van der Waals surface area contributed by atoms with Crippen LogP contribution >= 0.6 is 11.3 Å². The van der Waals surface area contributed by atoms with Crippen molar-refractivity contribution in [2.75, 3.05) is 0 Å². The second kappa shape index (κ2) is 8.02. The average molecular weight is 326 g/mol. The van der Waals surface area contributed by atoms with Gasteiger partial charge in [0.05, 0.1) is 0 Å². The molecule has 1 heterocycles. The lowest BCUT2D eigenvalue weighted by molar-refractivity contribution is -0.108. The monoisotopic (exact) mass is 326 g/mol. The van der Waals surface area contributed by atoms with E-state index in [9.17, 15) is 9.59 Å². The van der Waals surface area contributed by atoms with Crippen LogP contribution in [0.25, 0.3) is 0 Å². The van der Waals surface area contributed by atoms with Crippen LogP contribution in [0.2, 0.25) is 0 Å². The van der Waals surface area contributed by atoms with Crippen LogP contribution in [0, 0.1) is 20.8 Å². The lowest BCUT2D eigenvalue weighted by Crippen LogP contribution is -2.03. The Morgan fingerprint density at radius 3 is 2.43 bits per heavy atom. The van der Waals surface area contributed by atoms with Gasteiger partial charge in [-0.3, -0.25) is 4.79 Å². The Bertz CT molecular complexity index is 688. The highest BCUT2D eigenvalue weighted by molar-refractivity contribution is 7.10. The number of benzene rings is 1. The van der Waals surface area contributed by atoms with Gasteiger partial charge in [-0.1, -0.05) is 29.8 Å². The number of aldehydes is 1. The summed E-state index contributed by atoms with van der Waals surface area (Å²) in [5.41, 5.74) is 3.99. The molecule has 0 radical (unpaired) electrons. The molecule has 2 nitrogen and oxygen atoms in total. The zero-order valence-electron chi connectivity index (χ0n) is 13.8. The van der Waals surface area contributed by atoms with Crippen LogP contribution in [0.4, 0.5) is 0 Å². The minimum absolute atomic E-state index is 0.0380. The molecule has 0 saturated carbocycles. The molecule has 0 aliphatic carbocycles. The van der Waals surface area contributed by atoms with Crippen LogP contribution in [0.15, 0.2) is 41.8 Å². The van der Waals surface area contributed by atoms with Crippen molar-refractivity contribution in [1.82, 2.24) is 0 Å². The van der Waals surface area contributed by atoms with Crippen LogP contribution in [0.3, 0.4) is 0 Å². The van der Waals surface area contributed by atoms with E-state index in [1.807, 2.05) is 56.5 Å². The Kier molecular flexibility index (Phi) is 6.05. The van der Waals surface area contributed by atoms with Crippen LogP contribution in [-0.4, -0.2) is 12.1 Å². The number of aryl methyl sites for hydroxylation is 3. The zero-order chi connectivity index (χ0) is 16.8. The highest BCUT2D eigenvalue weighted by Crippen LogP contribution is 2.27. The third-order valence-corrected chi connectivity index (χ3v) is 4.97. The molecular weight excluding hydrogens is 304 g/mol. The van der Waals surface area contributed by atoms with Crippen LogP contribution in [0.1, 0.15) is 50.7 Å². The van der Waals surface area contributed by atoms with Crippen molar-refractivity contribution in [2.45, 2.75) is 39.5 Å². The minimum Gasteiger partial charge on any atom is -0.303 e. The summed E-state index contributed by atoms with van der Waals surface area (Å²) in [5, 5.41) is 2.01. The van der Waals surface area contributed by atoms with E-state index >= 15 is 0 Å². The molecule has 1 atom stereocenters. The minimum atomic E-state index is 0.0380. The second-order valence-corrected chi connectivity index (χ2v) is 6.87. The molecule has 2 aromatic rings. The Morgan fingerprint density at radius 1 is 1.17 bits per heavy atom. The van der Waals surface area contributed by atoms with Crippen LogP contribution < -0.4 is 0 Å². The van der Waals surface area contributed by atoms with Gasteiger partial charge in [-0.05, 0) is 55.8 Å². The van der Waals surface area contributed by atoms with Gasteiger partial charge in [0.15, 0.2) is 5.78 Å². The number of rotatable bonds is 7. The molecule has 2 rings (SSSR count). The fourth-order valence-corrected chi connectivity index (χ4v) is 3.82. The van der Waals surface area contributed by atoms with Crippen molar-refractivity contribution in [1.29, 1.82) is 0 Å². The molecule has 3 heteroatoms. The highest BCUT2D eigenvalue weighted by Gasteiger charge is 2.12. The number of allylic oxidation sites excluding steroid dienone is 2. The summed E-state index contributed by atoms with van der Waals surface area (Å²) in [7, 11) is 0. The number of ketones is 1. The Hall–Kier alpha value is -2.00. The van der Waals surface area contributed by atoms with E-state index in [2.05, 4.69) is 0 Å². The standard InChI is InChI=1S/C20H22O2S/c1-14-12-15(2)20(16(3)13-14)18(22)7-4-6-17(9-10-21)19-8-5-11-23-19/h4-5,7-8,10-13,17H,6,9H2,1-3H3/b7-4+/t17-/m0/s1. The van der Waals surface area contributed by atoms with Crippen molar-refractivity contribution < 1.29 is 9.59 Å². The molecule has 0 aliphatic rings. The number of carbonyl (C=O) groups is 2. The average Bonchev–Trinajstić information content (AvgIpc) is 2.99. The fraction of sp³-hybridized carbons (Fsp3) is 0.300. The number of thiophene rings is 1. The van der Waals surface area contributed by atoms with E-state index in [4.69, 9.17) is 0 Å². The Labute approximate surface area is 141 Å². The predicted octanol–water partition coefficient (Wildman–Crippen LogP) is 5.18. The molecule has 0 saturated heterocycles. The molecule has 120 valence electrons. The van der Waals surface area contributed by atoms with Crippen molar-refractivity contribution in [2.24, 2.45) is 0 Å². The van der Waals surface area contributed by atoms with Crippen molar-refractivity contribution >= 4 is 23.4 Å². The number of hydrogen-bond acceptors (Lipinski definition) is 3. The maximum Gasteiger partial charge on any atom is 0.186 e. The molecule has 0 bridgehead atoms. The van der Waals surface area contributed by atoms with E-state index in [0.717, 1.165) is 23.0 Å². The lowest BCUT2D eigenvalue weighted by atomic mass is 9.95. The summed E-state index contributed by atoms with van der Waals surface area (Å²) < 4.78 is 0. The summed E-state index contributed by atoms with van der Waals surface area (Å²) >= 11 is 1.65. The van der Waals surface area contributed by atoms with Gasteiger partial charge in [-0.25, -0.2) is 0 Å². The van der Waals surface area contributed by atoms with Gasteiger partial charge < -0.3 is 4.79 Å². The van der Waals surface area contributed by atoms with Crippen molar-refractivity contribution in [3.8, 4) is 0 Å². The van der Waals surface area contributed by atoms with Crippen molar-refractivity contribution in [3.05, 3.63) is 68.9 Å². The van der Waals surface area contributed by atoms with Gasteiger partial charge in [0, 0.05) is 22.8 Å². The van der Waals surface area contributed by atoms with Crippen molar-refractivity contribution in [3.63, 3.8) is 0 Å². The van der Waals surface area contributed by atoms with E-state index in [1.165, 1.54) is 10.4 Å². The molecule has 1 aromatic carbocycles. The SMILES string of the molecule is Cc1cc(C)c(C(=O)/C=C/C[C@@H](CC=O)c2cccs2)c(C)c1. The Morgan fingerprint density at radius 2 is 1.87 bits per heavy atom. The molecule has 0 N–H and O–H groups in total. The summed E-state index contributed by atoms with van der Waals surface area (Å²) in [6.07, 6.45) is 5.69. The molecule has 23 heavy (non-hydrogen) atoms. The predicted molar refractivity (Wildman–Crippen MR) is 96.5 cm³/mol. The summed E-state index contributed by atoms with van der Waals surface area (Å²) in [4.78, 5) is 24.5. The molecule has 1 aromatic heterocycles. The smallest absolute Gasteiger partial charge is 0.186 e. The maximum absolute atomic E-state index is 12.5. The van der Waals surface area contributed by atoms with Crippen LogP contribution in [-0.2, 0) is 4.79 Å². The van der Waals surface area contributed by atoms with Gasteiger partial charge in [0.1, 0.15) is 6.29 Å². The normalized spacial score (nSPS) is 12.5. The maximum atomic E-state index is 12.5. The molecule has 0 spiro atoms. The van der Waals surface area contributed by atoms with E-state index in [1.54, 1.807) is 17.4 Å². The lowest BCUT2D eigenvalue weighted by Gasteiger charge is -2.10. The first-order valence-corrected chi connectivity index (χ1v) is 8.66. The first-order chi connectivity index (χ1) is 11.0. The van der Waals surface area contributed by atoms with E-state index in [-0.39, 0.29) is 11.7 Å². The fourth-order valence-electron chi connectivity index (χ4n) is 2.96. The van der Waals surface area contributed by atoms with Gasteiger partial charge in [-0.15, -0.1) is 11.3 Å². The van der Waals surface area contributed by atoms with Gasteiger partial charge >= 0.3 is 0 Å². The van der Waals surface area contributed by atoms with Gasteiger partial charge in [0.2, 0.25) is 0 Å². The zero-order valence-corrected chi connectivity index (χ0v) is 14.7. The quantitative estimate of drug-likeness (QED) is 0.399. The highest BCUT2D eigenvalue weighted by atomic mass is 32.1. The topological polar surface area (TPSA) is 34.1 Å². The number of hydrogen-bond donors (Lipinski definition) is 0. The largest absolute Gasteiger partial charge is 0.303 e. The van der Waals surface area contributed by atoms with Gasteiger partial charge in [-0.2, -0.15) is 0 Å². The van der Waals surface area contributed by atoms with E-state index < -0.39 is 0 Å². The first-order valence-electron chi connectivity index (χ1n) is 7.78. The summed E-state index contributed by atoms with van der Waals surface area (Å²) in [5.74, 6) is 0.202. The third-order valence-electron chi connectivity index (χ3n) is 3.94. The summed E-state index contributed by atoms with van der Waals surface area (Å²) in [6, 6.07) is 8.11. The van der Waals surface area contributed by atoms with E-state index in [0.29, 0.717) is 12.8 Å². The molecule has 0 fully saturated rings.